The van der Waals surface area contributed by atoms with Crippen LogP contribution in [0.25, 0.3) is 0 Å². The number of amides is 1. The monoisotopic (exact) mass is 589 g/mol. The fourth-order valence-electron chi connectivity index (χ4n) is 4.88. The maximum Gasteiger partial charge on any atom is 0.267 e. The molecule has 0 radical (unpaired) electrons. The quantitative estimate of drug-likeness (QED) is 0.0451. The van der Waals surface area contributed by atoms with Crippen LogP contribution in [0.1, 0.15) is 150 Å². The van der Waals surface area contributed by atoms with Crippen molar-refractivity contribution in [1.82, 2.24) is 5.32 Å². The molecule has 0 saturated carbocycles. The molecule has 0 heterocycles. The summed E-state index contributed by atoms with van der Waals surface area (Å²) in [7, 11) is -4.43. The average molecular weight is 590 g/mol. The van der Waals surface area contributed by atoms with Crippen LogP contribution in [0.2, 0.25) is 0 Å². The van der Waals surface area contributed by atoms with Crippen molar-refractivity contribution >= 4 is 16.0 Å². The maximum atomic E-state index is 12.5. The highest BCUT2D eigenvalue weighted by Crippen LogP contribution is 2.15. The first-order valence-corrected chi connectivity index (χ1v) is 17.8. The molecule has 1 amide bonds. The van der Waals surface area contributed by atoms with E-state index in [0.29, 0.717) is 6.42 Å². The summed E-state index contributed by atoms with van der Waals surface area (Å²) in [6.07, 6.45) is 21.5. The molecule has 0 aromatic rings. The summed E-state index contributed by atoms with van der Waals surface area (Å²) in [5.74, 6) is 0.00622. The van der Waals surface area contributed by atoms with Gasteiger partial charge in [0.15, 0.2) is 0 Å². The van der Waals surface area contributed by atoms with Crippen LogP contribution in [0, 0.1) is 11.8 Å². The van der Waals surface area contributed by atoms with E-state index in [1.807, 2.05) is 0 Å². The molecule has 0 aliphatic heterocycles. The zero-order chi connectivity index (χ0) is 30.2. The van der Waals surface area contributed by atoms with Crippen molar-refractivity contribution in [2.24, 2.45) is 11.8 Å². The third-order valence-corrected chi connectivity index (χ3v) is 8.21. The Balaban J connectivity index is 4.24. The summed E-state index contributed by atoms with van der Waals surface area (Å²) >= 11 is 0. The second kappa shape index (κ2) is 24.6. The van der Waals surface area contributed by atoms with Gasteiger partial charge in [-0.2, -0.15) is 8.42 Å². The number of unbranched alkanes of at least 4 members (excludes halogenated alkanes) is 14. The highest BCUT2D eigenvalue weighted by atomic mass is 32.2. The Morgan fingerprint density at radius 3 is 1.50 bits per heavy atom. The highest BCUT2D eigenvalue weighted by molar-refractivity contribution is 7.85. The van der Waals surface area contributed by atoms with Crippen LogP contribution in [0.15, 0.2) is 12.2 Å². The van der Waals surface area contributed by atoms with Crippen molar-refractivity contribution in [1.29, 1.82) is 0 Å². The standard InChI is InChI=1S/C32H63NO6S/c1-27(2)22-18-14-10-6-5-7-12-16-20-24-30(34)29(26-40(37,38)39)33-32(36)31(35)25-21-17-13-9-8-11-15-19-23-28(3)4/h20,24,27-31,34-35H,5-19,21-23,25-26H2,1-4H3,(H,33,36)(H,37,38,39)/b24-20+. The van der Waals surface area contributed by atoms with Crippen molar-refractivity contribution in [2.45, 2.75) is 168 Å². The number of hydrogen-bond donors (Lipinski definition) is 4. The lowest BCUT2D eigenvalue weighted by Gasteiger charge is -2.22. The molecule has 3 unspecified atom stereocenters. The molecular weight excluding hydrogens is 526 g/mol. The molecule has 4 N–H and O–H groups in total. The van der Waals surface area contributed by atoms with Gasteiger partial charge in [0.1, 0.15) is 6.10 Å². The zero-order valence-electron chi connectivity index (χ0n) is 26.2. The Bertz CT molecular complexity index is 738. The summed E-state index contributed by atoms with van der Waals surface area (Å²) < 4.78 is 32.2. The first-order valence-electron chi connectivity index (χ1n) is 16.2. The van der Waals surface area contributed by atoms with E-state index in [1.165, 1.54) is 76.7 Å². The van der Waals surface area contributed by atoms with Crippen LogP contribution < -0.4 is 5.32 Å². The van der Waals surface area contributed by atoms with Gasteiger partial charge < -0.3 is 15.5 Å². The third kappa shape index (κ3) is 26.0. The summed E-state index contributed by atoms with van der Waals surface area (Å²) in [4.78, 5) is 12.5. The van der Waals surface area contributed by atoms with Crippen LogP contribution in [0.4, 0.5) is 0 Å². The van der Waals surface area contributed by atoms with Crippen LogP contribution in [0.5, 0.6) is 0 Å². The molecule has 40 heavy (non-hydrogen) atoms. The molecule has 0 saturated heterocycles. The molecule has 7 nitrogen and oxygen atoms in total. The molecule has 238 valence electrons. The van der Waals surface area contributed by atoms with Gasteiger partial charge in [-0.1, -0.05) is 143 Å². The minimum atomic E-state index is -4.43. The van der Waals surface area contributed by atoms with Crippen molar-refractivity contribution < 1.29 is 28.0 Å². The van der Waals surface area contributed by atoms with Crippen LogP contribution in [0.3, 0.4) is 0 Å². The molecule has 0 aromatic carbocycles. The maximum absolute atomic E-state index is 12.5. The van der Waals surface area contributed by atoms with Gasteiger partial charge in [-0.05, 0) is 31.1 Å². The molecule has 0 bridgehead atoms. The van der Waals surface area contributed by atoms with Gasteiger partial charge in [0.2, 0.25) is 5.91 Å². The zero-order valence-corrected chi connectivity index (χ0v) is 27.0. The van der Waals surface area contributed by atoms with E-state index < -0.39 is 40.0 Å². The van der Waals surface area contributed by atoms with E-state index in [4.69, 9.17) is 0 Å². The Hall–Kier alpha value is -0.960. The molecule has 0 fully saturated rings. The van der Waals surface area contributed by atoms with E-state index >= 15 is 0 Å². The number of rotatable bonds is 27. The SMILES string of the molecule is CC(C)CCCCCCCCC/C=C/C(O)C(CS(=O)(=O)O)NC(=O)C(O)CCCCCCCCCCC(C)C. The van der Waals surface area contributed by atoms with Crippen molar-refractivity contribution in [3.05, 3.63) is 12.2 Å². The lowest BCUT2D eigenvalue weighted by molar-refractivity contribution is -0.130. The lowest BCUT2D eigenvalue weighted by Crippen LogP contribution is -2.50. The molecular formula is C32H63NO6S. The largest absolute Gasteiger partial charge is 0.387 e. The normalized spacial score (nSPS) is 14.7. The number of hydrogen-bond acceptors (Lipinski definition) is 5. The molecule has 0 aliphatic rings. The minimum absolute atomic E-state index is 0.280. The Kier molecular flexibility index (Phi) is 24.0. The fourth-order valence-corrected chi connectivity index (χ4v) is 5.62. The fraction of sp³-hybridized carbons (Fsp3) is 0.906. The molecule has 0 aliphatic carbocycles. The summed E-state index contributed by atoms with van der Waals surface area (Å²) in [6.45, 7) is 9.02. The Labute approximate surface area is 246 Å². The summed E-state index contributed by atoms with van der Waals surface area (Å²) in [6, 6.07) is -1.23. The smallest absolute Gasteiger partial charge is 0.267 e. The second-order valence-electron chi connectivity index (χ2n) is 12.5. The predicted octanol–water partition coefficient (Wildman–Crippen LogP) is 7.36. The minimum Gasteiger partial charge on any atom is -0.387 e. The highest BCUT2D eigenvalue weighted by Gasteiger charge is 2.27. The van der Waals surface area contributed by atoms with Gasteiger partial charge in [0, 0.05) is 0 Å². The number of carbonyl (C=O) groups is 1. The molecule has 0 spiro atoms. The number of allylic oxidation sites excluding steroid dienone is 1. The van der Waals surface area contributed by atoms with Gasteiger partial charge in [0.05, 0.1) is 17.9 Å². The van der Waals surface area contributed by atoms with Gasteiger partial charge in [0.25, 0.3) is 10.1 Å². The van der Waals surface area contributed by atoms with Crippen LogP contribution in [-0.4, -0.2) is 53.1 Å². The number of carbonyl (C=O) groups excluding carboxylic acids is 1. The topological polar surface area (TPSA) is 124 Å². The number of aliphatic hydroxyl groups excluding tert-OH is 2. The first-order chi connectivity index (χ1) is 18.9. The van der Waals surface area contributed by atoms with Crippen molar-refractivity contribution in [3.63, 3.8) is 0 Å². The van der Waals surface area contributed by atoms with Crippen molar-refractivity contribution in [2.75, 3.05) is 5.75 Å². The van der Waals surface area contributed by atoms with E-state index in [-0.39, 0.29) is 6.42 Å². The molecule has 3 atom stereocenters. The number of aliphatic hydroxyl groups is 2. The Morgan fingerprint density at radius 2 is 1.07 bits per heavy atom. The average Bonchev–Trinajstić information content (AvgIpc) is 2.86. The van der Waals surface area contributed by atoms with E-state index in [1.54, 1.807) is 6.08 Å². The summed E-state index contributed by atoms with van der Waals surface area (Å²) in [5.41, 5.74) is 0. The Morgan fingerprint density at radius 1 is 0.675 bits per heavy atom. The van der Waals surface area contributed by atoms with Crippen LogP contribution >= 0.6 is 0 Å². The van der Waals surface area contributed by atoms with E-state index in [2.05, 4.69) is 33.0 Å². The van der Waals surface area contributed by atoms with Gasteiger partial charge in [-0.15, -0.1) is 0 Å². The van der Waals surface area contributed by atoms with Gasteiger partial charge >= 0.3 is 0 Å². The third-order valence-electron chi connectivity index (χ3n) is 7.43. The second-order valence-corrected chi connectivity index (χ2v) is 14.0. The van der Waals surface area contributed by atoms with Crippen molar-refractivity contribution in [3.8, 4) is 0 Å². The first kappa shape index (κ1) is 39.0. The van der Waals surface area contributed by atoms with E-state index in [0.717, 1.165) is 50.4 Å². The predicted molar refractivity (Wildman–Crippen MR) is 167 cm³/mol. The molecule has 0 rings (SSSR count). The molecule has 8 heteroatoms. The number of nitrogens with one attached hydrogen (secondary N) is 1. The summed E-state index contributed by atoms with van der Waals surface area (Å²) in [5, 5.41) is 23.2. The van der Waals surface area contributed by atoms with E-state index in [9.17, 15) is 28.0 Å². The lowest BCUT2D eigenvalue weighted by atomic mass is 10.0. The molecule has 0 aromatic heterocycles. The van der Waals surface area contributed by atoms with Crippen LogP contribution in [-0.2, 0) is 14.9 Å². The van der Waals surface area contributed by atoms with Gasteiger partial charge in [-0.3, -0.25) is 9.35 Å². The van der Waals surface area contributed by atoms with Gasteiger partial charge in [-0.25, -0.2) is 0 Å².